The highest BCUT2D eigenvalue weighted by atomic mass is 16.6. The molecule has 0 radical (unpaired) electrons. The van der Waals surface area contributed by atoms with Crippen molar-refractivity contribution in [3.63, 3.8) is 0 Å². The number of ketones is 1. The summed E-state index contributed by atoms with van der Waals surface area (Å²) in [7, 11) is 0. The molecule has 0 fully saturated rings. The van der Waals surface area contributed by atoms with Crippen molar-refractivity contribution in [1.82, 2.24) is 0 Å². The largest absolute Gasteiger partial charge is 0.453 e. The number of carbonyl (C=O) groups excluding carboxylic acids is 3. The van der Waals surface area contributed by atoms with Gasteiger partial charge in [-0.05, 0) is 23.1 Å². The second-order valence-electron chi connectivity index (χ2n) is 6.62. The Morgan fingerprint density at radius 2 is 1.50 bits per heavy atom. The summed E-state index contributed by atoms with van der Waals surface area (Å²) in [5.41, 5.74) is 4.99. The van der Waals surface area contributed by atoms with Gasteiger partial charge in [-0.25, -0.2) is 0 Å². The molecule has 0 unspecified atom stereocenters. The van der Waals surface area contributed by atoms with Crippen LogP contribution in [0.15, 0.2) is 36.4 Å². The first-order valence-corrected chi connectivity index (χ1v) is 8.60. The Labute approximate surface area is 150 Å². The molecule has 0 aromatic heterocycles. The summed E-state index contributed by atoms with van der Waals surface area (Å²) in [5, 5.41) is 0. The van der Waals surface area contributed by atoms with E-state index in [2.05, 4.69) is 0 Å². The van der Waals surface area contributed by atoms with Crippen LogP contribution in [-0.2, 0) is 25.5 Å². The van der Waals surface area contributed by atoms with Crippen LogP contribution in [0.1, 0.15) is 59.5 Å². The first kappa shape index (κ1) is 16.5. The van der Waals surface area contributed by atoms with Gasteiger partial charge < -0.3 is 9.47 Å². The van der Waals surface area contributed by atoms with Gasteiger partial charge in [0.1, 0.15) is 0 Å². The maximum atomic E-state index is 12.2. The van der Waals surface area contributed by atoms with Crippen LogP contribution in [0.2, 0.25) is 0 Å². The number of carbonyl (C=O) groups is 3. The molecule has 132 valence electrons. The molecule has 0 bridgehead atoms. The fourth-order valence-corrected chi connectivity index (χ4v) is 4.04. The molecule has 5 heteroatoms. The molecule has 2 aliphatic rings. The third-order valence-corrected chi connectivity index (χ3v) is 4.96. The Morgan fingerprint density at radius 1 is 0.846 bits per heavy atom. The van der Waals surface area contributed by atoms with Crippen molar-refractivity contribution in [1.29, 1.82) is 0 Å². The van der Waals surface area contributed by atoms with Crippen molar-refractivity contribution < 1.29 is 23.9 Å². The predicted octanol–water partition coefficient (Wildman–Crippen LogP) is 3.70. The lowest BCUT2D eigenvalue weighted by atomic mass is 9.78. The van der Waals surface area contributed by atoms with Crippen molar-refractivity contribution in [2.24, 2.45) is 0 Å². The number of hydrogen-bond donors (Lipinski definition) is 0. The van der Waals surface area contributed by atoms with Gasteiger partial charge >= 0.3 is 11.9 Å². The zero-order chi connectivity index (χ0) is 18.4. The van der Waals surface area contributed by atoms with E-state index < -0.39 is 24.1 Å². The monoisotopic (exact) mass is 350 g/mol. The van der Waals surface area contributed by atoms with Crippen molar-refractivity contribution >= 4 is 17.7 Å². The number of hydrogen-bond acceptors (Lipinski definition) is 5. The van der Waals surface area contributed by atoms with Gasteiger partial charge in [0.25, 0.3) is 0 Å². The average Bonchev–Trinajstić information content (AvgIpc) is 2.98. The molecule has 0 amide bonds. The van der Waals surface area contributed by atoms with Crippen LogP contribution in [0, 0.1) is 0 Å². The van der Waals surface area contributed by atoms with E-state index in [9.17, 15) is 14.4 Å². The van der Waals surface area contributed by atoms with Crippen molar-refractivity contribution in [3.05, 3.63) is 58.7 Å². The van der Waals surface area contributed by atoms with Crippen LogP contribution in [0.25, 0.3) is 11.1 Å². The number of fused-ring (bicyclic) bond motifs is 5. The summed E-state index contributed by atoms with van der Waals surface area (Å²) >= 11 is 0. The Hall–Kier alpha value is -2.95. The molecule has 0 saturated carbocycles. The molecule has 0 aliphatic heterocycles. The van der Waals surface area contributed by atoms with E-state index in [1.807, 2.05) is 36.4 Å². The minimum atomic E-state index is -0.762. The smallest absolute Gasteiger partial charge is 0.303 e. The minimum Gasteiger partial charge on any atom is -0.453 e. The molecule has 2 aromatic carbocycles. The third kappa shape index (κ3) is 2.51. The molecular weight excluding hydrogens is 332 g/mol. The molecule has 0 spiro atoms. The van der Waals surface area contributed by atoms with Crippen LogP contribution < -0.4 is 0 Å². The van der Waals surface area contributed by atoms with Crippen LogP contribution in [0.4, 0.5) is 0 Å². The summed E-state index contributed by atoms with van der Waals surface area (Å²) < 4.78 is 11.2. The highest BCUT2D eigenvalue weighted by molar-refractivity contribution is 6.02. The first-order chi connectivity index (χ1) is 12.5. The summed E-state index contributed by atoms with van der Waals surface area (Å²) in [5.74, 6) is -0.819. The lowest BCUT2D eigenvalue weighted by Gasteiger charge is -2.35. The number of ether oxygens (including phenoxy) is 2. The van der Waals surface area contributed by atoms with Crippen LogP contribution >= 0.6 is 0 Å². The van der Waals surface area contributed by atoms with Gasteiger partial charge in [0.2, 0.25) is 0 Å². The molecular formula is C21H18O5. The van der Waals surface area contributed by atoms with Gasteiger partial charge in [-0.3, -0.25) is 14.4 Å². The Kier molecular flexibility index (Phi) is 3.87. The predicted molar refractivity (Wildman–Crippen MR) is 93.5 cm³/mol. The van der Waals surface area contributed by atoms with Gasteiger partial charge in [0.05, 0.1) is 0 Å². The highest BCUT2D eigenvalue weighted by Gasteiger charge is 2.41. The maximum Gasteiger partial charge on any atom is 0.303 e. The van der Waals surface area contributed by atoms with E-state index in [0.29, 0.717) is 18.4 Å². The number of benzene rings is 2. The molecule has 4 rings (SSSR count). The van der Waals surface area contributed by atoms with Gasteiger partial charge in [-0.1, -0.05) is 36.4 Å². The second kappa shape index (κ2) is 6.09. The Bertz CT molecular complexity index is 943. The SMILES string of the molecule is CC(=O)O[C@H]1c2ccccc2-c2ccc3c(c2[C@@H]1OC(C)=O)CCC3=O. The molecule has 0 heterocycles. The van der Waals surface area contributed by atoms with Gasteiger partial charge in [0.15, 0.2) is 18.0 Å². The number of Topliss-reactive ketones (excluding diaryl/α,β-unsaturated/α-hetero) is 1. The van der Waals surface area contributed by atoms with E-state index >= 15 is 0 Å². The summed E-state index contributed by atoms with van der Waals surface area (Å²) in [6, 6.07) is 11.4. The van der Waals surface area contributed by atoms with Crippen molar-refractivity contribution in [2.75, 3.05) is 0 Å². The maximum absolute atomic E-state index is 12.2. The lowest BCUT2D eigenvalue weighted by molar-refractivity contribution is -0.167. The quantitative estimate of drug-likeness (QED) is 0.772. The van der Waals surface area contributed by atoms with Crippen LogP contribution in [0.5, 0.6) is 0 Å². The van der Waals surface area contributed by atoms with E-state index in [4.69, 9.17) is 9.47 Å². The highest BCUT2D eigenvalue weighted by Crippen LogP contribution is 2.51. The topological polar surface area (TPSA) is 69.7 Å². The zero-order valence-corrected chi connectivity index (χ0v) is 14.6. The van der Waals surface area contributed by atoms with Gasteiger partial charge in [-0.2, -0.15) is 0 Å². The molecule has 5 nitrogen and oxygen atoms in total. The summed E-state index contributed by atoms with van der Waals surface area (Å²) in [6.07, 6.45) is -0.452. The molecule has 2 aliphatic carbocycles. The van der Waals surface area contributed by atoms with Gasteiger partial charge in [0, 0.05) is 37.0 Å². The number of rotatable bonds is 2. The average molecular weight is 350 g/mol. The number of esters is 2. The Morgan fingerprint density at radius 3 is 2.23 bits per heavy atom. The molecule has 0 N–H and O–H groups in total. The third-order valence-electron chi connectivity index (χ3n) is 4.96. The fourth-order valence-electron chi connectivity index (χ4n) is 4.04. The second-order valence-corrected chi connectivity index (χ2v) is 6.62. The van der Waals surface area contributed by atoms with Crippen LogP contribution in [0.3, 0.4) is 0 Å². The molecule has 2 aromatic rings. The Balaban J connectivity index is 2.00. The summed E-state index contributed by atoms with van der Waals surface area (Å²) in [4.78, 5) is 35.7. The van der Waals surface area contributed by atoms with Crippen molar-refractivity contribution in [3.8, 4) is 11.1 Å². The zero-order valence-electron chi connectivity index (χ0n) is 14.6. The standard InChI is InChI=1S/C21H18O5/c1-11(22)25-20-17-6-4-3-5-13(17)15-8-7-14-16(9-10-18(14)24)19(15)21(20)26-12(2)23/h3-8,20-21H,9-10H2,1-2H3/t20-,21-/m0/s1. The lowest BCUT2D eigenvalue weighted by Crippen LogP contribution is -2.26. The van der Waals surface area contributed by atoms with E-state index in [-0.39, 0.29) is 5.78 Å². The summed E-state index contributed by atoms with van der Waals surface area (Å²) in [6.45, 7) is 2.67. The van der Waals surface area contributed by atoms with E-state index in [1.54, 1.807) is 0 Å². The molecule has 26 heavy (non-hydrogen) atoms. The van der Waals surface area contributed by atoms with E-state index in [0.717, 1.165) is 27.8 Å². The first-order valence-electron chi connectivity index (χ1n) is 8.60. The van der Waals surface area contributed by atoms with Gasteiger partial charge in [-0.15, -0.1) is 0 Å². The van der Waals surface area contributed by atoms with Crippen LogP contribution in [-0.4, -0.2) is 17.7 Å². The minimum absolute atomic E-state index is 0.0901. The van der Waals surface area contributed by atoms with E-state index in [1.165, 1.54) is 13.8 Å². The fraction of sp³-hybridized carbons (Fsp3) is 0.286. The normalized spacial score (nSPS) is 20.0. The van der Waals surface area contributed by atoms with Crippen molar-refractivity contribution in [2.45, 2.75) is 38.9 Å². The molecule has 0 saturated heterocycles. The molecule has 2 atom stereocenters.